The van der Waals surface area contributed by atoms with Gasteiger partial charge < -0.3 is 4.74 Å². The molecule has 20 heavy (non-hydrogen) atoms. The summed E-state index contributed by atoms with van der Waals surface area (Å²) in [6, 6.07) is 6.49. The van der Waals surface area contributed by atoms with Crippen LogP contribution in [0.5, 0.6) is 5.75 Å². The topological polar surface area (TPSA) is 46.6 Å². The molecule has 0 radical (unpaired) electrons. The van der Waals surface area contributed by atoms with Crippen LogP contribution in [0.25, 0.3) is 0 Å². The number of ether oxygens (including phenoxy) is 1. The third-order valence-electron chi connectivity index (χ3n) is 3.06. The van der Waals surface area contributed by atoms with Gasteiger partial charge in [-0.3, -0.25) is 0 Å². The molecule has 6 heteroatoms. The van der Waals surface area contributed by atoms with Crippen molar-refractivity contribution in [2.75, 3.05) is 26.0 Å². The Labute approximate surface area is 127 Å². The van der Waals surface area contributed by atoms with Crippen LogP contribution < -0.4 is 4.74 Å². The van der Waals surface area contributed by atoms with Crippen LogP contribution in [0, 0.1) is 0 Å². The Morgan fingerprint density at radius 2 is 1.80 bits per heavy atom. The summed E-state index contributed by atoms with van der Waals surface area (Å²) in [5, 5.41) is 0. The summed E-state index contributed by atoms with van der Waals surface area (Å²) in [5.41, 5.74) is 0. The van der Waals surface area contributed by atoms with Crippen molar-refractivity contribution in [1.82, 2.24) is 4.31 Å². The van der Waals surface area contributed by atoms with E-state index in [1.807, 2.05) is 0 Å². The lowest BCUT2D eigenvalue weighted by molar-refractivity contribution is 0.412. The monoisotopic (exact) mass is 317 g/mol. The van der Waals surface area contributed by atoms with Crippen LogP contribution in [0.3, 0.4) is 0 Å². The van der Waals surface area contributed by atoms with Crippen molar-refractivity contribution < 1.29 is 13.2 Å². The van der Waals surface area contributed by atoms with Gasteiger partial charge in [0.25, 0.3) is 0 Å². The fraction of sp³-hybridized carbons (Fsp3) is 0.571. The van der Waals surface area contributed by atoms with Crippen LogP contribution in [-0.4, -0.2) is 38.7 Å². The van der Waals surface area contributed by atoms with Gasteiger partial charge in [-0.05, 0) is 30.7 Å². The molecule has 0 saturated carbocycles. The molecule has 0 unspecified atom stereocenters. The zero-order valence-electron chi connectivity index (χ0n) is 12.1. The summed E-state index contributed by atoms with van der Waals surface area (Å²) in [4.78, 5) is 0.302. The minimum Gasteiger partial charge on any atom is -0.497 e. The highest BCUT2D eigenvalue weighted by Gasteiger charge is 2.23. The lowest BCUT2D eigenvalue weighted by atomic mass is 10.2. The number of rotatable bonds is 9. The number of hydrogen-bond donors (Lipinski definition) is 1. The minimum absolute atomic E-state index is 0.302. The molecular weight excluding hydrogens is 294 g/mol. The van der Waals surface area contributed by atoms with Crippen molar-refractivity contribution in [3.8, 4) is 5.75 Å². The Bertz CT molecular complexity index is 486. The number of unbranched alkanes of at least 4 members (excludes halogenated alkanes) is 2. The predicted octanol–water partition coefficient (Wildman–Crippen LogP) is 2.81. The molecule has 4 nitrogen and oxygen atoms in total. The molecule has 0 heterocycles. The first-order valence-electron chi connectivity index (χ1n) is 6.81. The Balaban J connectivity index is 2.89. The number of hydrogen-bond acceptors (Lipinski definition) is 4. The predicted molar refractivity (Wildman–Crippen MR) is 85.1 cm³/mol. The Morgan fingerprint density at radius 3 is 2.30 bits per heavy atom. The number of nitrogens with zero attached hydrogens (tertiary/aromatic N) is 1. The average molecular weight is 317 g/mol. The SMILES string of the molecule is CCCCCN(CCS)S(=O)(=O)c1ccc(OC)cc1. The van der Waals surface area contributed by atoms with Crippen LogP contribution in [0.1, 0.15) is 26.2 Å². The fourth-order valence-electron chi connectivity index (χ4n) is 1.90. The van der Waals surface area contributed by atoms with Gasteiger partial charge in [0.1, 0.15) is 5.75 Å². The van der Waals surface area contributed by atoms with E-state index < -0.39 is 10.0 Å². The second-order valence-electron chi connectivity index (χ2n) is 4.51. The van der Waals surface area contributed by atoms with Gasteiger partial charge in [0.05, 0.1) is 12.0 Å². The summed E-state index contributed by atoms with van der Waals surface area (Å²) in [6.45, 7) is 3.07. The van der Waals surface area contributed by atoms with Gasteiger partial charge in [-0.25, -0.2) is 8.42 Å². The fourth-order valence-corrected chi connectivity index (χ4v) is 3.75. The second-order valence-corrected chi connectivity index (χ2v) is 6.90. The molecule has 1 aromatic rings. The van der Waals surface area contributed by atoms with E-state index in [4.69, 9.17) is 4.74 Å². The third kappa shape index (κ3) is 4.68. The molecule has 0 aliphatic carbocycles. The standard InChI is InChI=1S/C14H23NO3S2/c1-3-4-5-10-15(11-12-19)20(16,17)14-8-6-13(18-2)7-9-14/h6-9,19H,3-5,10-12H2,1-2H3. The molecule has 0 amide bonds. The molecule has 0 fully saturated rings. The first-order valence-corrected chi connectivity index (χ1v) is 8.88. The van der Waals surface area contributed by atoms with Crippen molar-refractivity contribution in [1.29, 1.82) is 0 Å². The Hall–Kier alpha value is -0.720. The van der Waals surface area contributed by atoms with Crippen molar-refractivity contribution >= 4 is 22.7 Å². The molecule has 0 spiro atoms. The van der Waals surface area contributed by atoms with Crippen molar-refractivity contribution in [2.45, 2.75) is 31.1 Å². The molecule has 0 N–H and O–H groups in total. The number of benzene rings is 1. The lowest BCUT2D eigenvalue weighted by Gasteiger charge is -2.21. The molecule has 0 aliphatic heterocycles. The van der Waals surface area contributed by atoms with Crippen LogP contribution in [-0.2, 0) is 10.0 Å². The maximum Gasteiger partial charge on any atom is 0.243 e. The van der Waals surface area contributed by atoms with Gasteiger partial charge in [-0.1, -0.05) is 19.8 Å². The Kier molecular flexibility index (Phi) is 7.40. The highest BCUT2D eigenvalue weighted by molar-refractivity contribution is 7.89. The summed E-state index contributed by atoms with van der Waals surface area (Å²) in [5.74, 6) is 1.16. The maximum atomic E-state index is 12.6. The smallest absolute Gasteiger partial charge is 0.243 e. The second kappa shape index (κ2) is 8.54. The van der Waals surface area contributed by atoms with E-state index >= 15 is 0 Å². The number of sulfonamides is 1. The first-order chi connectivity index (χ1) is 9.56. The highest BCUT2D eigenvalue weighted by Crippen LogP contribution is 2.20. The van der Waals surface area contributed by atoms with Crippen molar-refractivity contribution in [2.24, 2.45) is 0 Å². The molecule has 1 aromatic carbocycles. The van der Waals surface area contributed by atoms with Gasteiger partial charge in [0.15, 0.2) is 0 Å². The van der Waals surface area contributed by atoms with E-state index in [0.717, 1.165) is 19.3 Å². The van der Waals surface area contributed by atoms with Gasteiger partial charge in [0.2, 0.25) is 10.0 Å². The van der Waals surface area contributed by atoms with Crippen molar-refractivity contribution in [3.05, 3.63) is 24.3 Å². The zero-order chi connectivity index (χ0) is 15.0. The minimum atomic E-state index is -3.44. The number of methoxy groups -OCH3 is 1. The molecule has 0 bridgehead atoms. The van der Waals surface area contributed by atoms with E-state index in [1.54, 1.807) is 31.4 Å². The van der Waals surface area contributed by atoms with E-state index in [2.05, 4.69) is 19.6 Å². The quantitative estimate of drug-likeness (QED) is 0.563. The normalized spacial score (nSPS) is 11.8. The van der Waals surface area contributed by atoms with E-state index in [0.29, 0.717) is 29.5 Å². The first kappa shape index (κ1) is 17.3. The van der Waals surface area contributed by atoms with Crippen LogP contribution >= 0.6 is 12.6 Å². The summed E-state index contributed by atoms with van der Waals surface area (Å²) in [7, 11) is -1.88. The highest BCUT2D eigenvalue weighted by atomic mass is 32.2. The maximum absolute atomic E-state index is 12.6. The molecule has 0 atom stereocenters. The van der Waals surface area contributed by atoms with E-state index in [-0.39, 0.29) is 0 Å². The lowest BCUT2D eigenvalue weighted by Crippen LogP contribution is -2.33. The molecule has 0 aromatic heterocycles. The molecule has 0 saturated heterocycles. The third-order valence-corrected chi connectivity index (χ3v) is 5.17. The summed E-state index contributed by atoms with van der Waals surface area (Å²) in [6.07, 6.45) is 2.97. The molecule has 114 valence electrons. The van der Waals surface area contributed by atoms with Gasteiger partial charge in [-0.2, -0.15) is 16.9 Å². The number of thiol groups is 1. The summed E-state index contributed by atoms with van der Waals surface area (Å²) >= 11 is 4.15. The molecule has 0 aliphatic rings. The molecule has 1 rings (SSSR count). The van der Waals surface area contributed by atoms with Gasteiger partial charge >= 0.3 is 0 Å². The average Bonchev–Trinajstić information content (AvgIpc) is 2.46. The van der Waals surface area contributed by atoms with Crippen LogP contribution in [0.2, 0.25) is 0 Å². The van der Waals surface area contributed by atoms with E-state index in [9.17, 15) is 8.42 Å². The zero-order valence-corrected chi connectivity index (χ0v) is 13.8. The Morgan fingerprint density at radius 1 is 1.15 bits per heavy atom. The van der Waals surface area contributed by atoms with Crippen LogP contribution in [0.15, 0.2) is 29.2 Å². The van der Waals surface area contributed by atoms with Gasteiger partial charge in [0, 0.05) is 18.8 Å². The van der Waals surface area contributed by atoms with Crippen molar-refractivity contribution in [3.63, 3.8) is 0 Å². The summed E-state index contributed by atoms with van der Waals surface area (Å²) < 4.78 is 31.7. The van der Waals surface area contributed by atoms with E-state index in [1.165, 1.54) is 4.31 Å². The molecular formula is C14H23NO3S2. The van der Waals surface area contributed by atoms with Crippen LogP contribution in [0.4, 0.5) is 0 Å². The van der Waals surface area contributed by atoms with Gasteiger partial charge in [-0.15, -0.1) is 0 Å². The largest absolute Gasteiger partial charge is 0.497 e.